The molecule has 132 valence electrons. The first-order valence-corrected chi connectivity index (χ1v) is 8.25. The number of hydrogen-bond acceptors (Lipinski definition) is 5. The fourth-order valence-corrected chi connectivity index (χ4v) is 2.49. The lowest BCUT2D eigenvalue weighted by Crippen LogP contribution is -2.23. The zero-order valence-electron chi connectivity index (χ0n) is 14.5. The van der Waals surface area contributed by atoms with Crippen LogP contribution in [0.4, 0.5) is 5.82 Å². The first-order chi connectivity index (χ1) is 12.8. The maximum atomic E-state index is 12.3. The van der Waals surface area contributed by atoms with Gasteiger partial charge in [-0.3, -0.25) is 9.78 Å². The lowest BCUT2D eigenvalue weighted by atomic mass is 10.2. The Balaban J connectivity index is 1.61. The van der Waals surface area contributed by atoms with Crippen molar-refractivity contribution < 1.29 is 9.53 Å². The number of rotatable bonds is 7. The molecule has 26 heavy (non-hydrogen) atoms. The number of ether oxygens (including phenoxy) is 1. The third-order valence-corrected chi connectivity index (χ3v) is 3.88. The van der Waals surface area contributed by atoms with Gasteiger partial charge in [0, 0.05) is 42.8 Å². The van der Waals surface area contributed by atoms with Gasteiger partial charge in [0.25, 0.3) is 5.91 Å². The highest BCUT2D eigenvalue weighted by Crippen LogP contribution is 2.18. The zero-order chi connectivity index (χ0) is 18.2. The third-order valence-electron chi connectivity index (χ3n) is 3.88. The Bertz CT molecular complexity index is 868. The Labute approximate surface area is 152 Å². The molecule has 0 saturated heterocycles. The number of carbonyl (C=O) groups is 1. The van der Waals surface area contributed by atoms with Crippen molar-refractivity contribution in [1.29, 1.82) is 0 Å². The van der Waals surface area contributed by atoms with Crippen molar-refractivity contribution in [3.8, 4) is 5.75 Å². The first-order valence-electron chi connectivity index (χ1n) is 8.25. The normalized spacial score (nSPS) is 10.2. The van der Waals surface area contributed by atoms with E-state index in [2.05, 4.69) is 20.6 Å². The summed E-state index contributed by atoms with van der Waals surface area (Å²) < 4.78 is 5.34. The lowest BCUT2D eigenvalue weighted by molar-refractivity contribution is 0.0951. The second-order valence-electron chi connectivity index (χ2n) is 5.63. The molecule has 3 rings (SSSR count). The van der Waals surface area contributed by atoms with Crippen LogP contribution in [0.15, 0.2) is 67.1 Å². The molecule has 0 spiro atoms. The molecule has 0 aliphatic carbocycles. The minimum absolute atomic E-state index is 0.149. The number of benzene rings is 1. The summed E-state index contributed by atoms with van der Waals surface area (Å²) in [7, 11) is 1.64. The van der Waals surface area contributed by atoms with E-state index in [9.17, 15) is 4.79 Å². The number of para-hydroxylation sites is 1. The van der Waals surface area contributed by atoms with Gasteiger partial charge < -0.3 is 15.4 Å². The number of hydrogen-bond donors (Lipinski definition) is 2. The van der Waals surface area contributed by atoms with E-state index in [1.54, 1.807) is 37.8 Å². The van der Waals surface area contributed by atoms with Crippen molar-refractivity contribution in [2.75, 3.05) is 12.4 Å². The van der Waals surface area contributed by atoms with Gasteiger partial charge in [0.2, 0.25) is 0 Å². The van der Waals surface area contributed by atoms with Crippen LogP contribution >= 0.6 is 0 Å². The Kier molecular flexibility index (Phi) is 5.77. The van der Waals surface area contributed by atoms with Crippen molar-refractivity contribution in [2.45, 2.75) is 13.1 Å². The number of aromatic nitrogens is 2. The molecular formula is C20H20N4O2. The molecule has 0 unspecified atom stereocenters. The highest BCUT2D eigenvalue weighted by molar-refractivity contribution is 5.94. The fourth-order valence-electron chi connectivity index (χ4n) is 2.49. The van der Waals surface area contributed by atoms with Crippen LogP contribution < -0.4 is 15.4 Å². The molecule has 6 heteroatoms. The molecule has 1 aromatic carbocycles. The van der Waals surface area contributed by atoms with E-state index in [4.69, 9.17) is 4.74 Å². The lowest BCUT2D eigenvalue weighted by Gasteiger charge is -2.11. The van der Waals surface area contributed by atoms with Crippen LogP contribution in [0.25, 0.3) is 0 Å². The molecule has 0 radical (unpaired) electrons. The zero-order valence-corrected chi connectivity index (χ0v) is 14.5. The molecule has 0 bridgehead atoms. The monoisotopic (exact) mass is 348 g/mol. The van der Waals surface area contributed by atoms with Gasteiger partial charge in [0.05, 0.1) is 7.11 Å². The van der Waals surface area contributed by atoms with Crippen molar-refractivity contribution in [3.63, 3.8) is 0 Å². The molecule has 2 heterocycles. The van der Waals surface area contributed by atoms with Crippen molar-refractivity contribution in [2.24, 2.45) is 0 Å². The number of amides is 1. The fraction of sp³-hybridized carbons (Fsp3) is 0.150. The van der Waals surface area contributed by atoms with Crippen LogP contribution in [0.5, 0.6) is 5.75 Å². The minimum atomic E-state index is -0.149. The van der Waals surface area contributed by atoms with E-state index in [0.29, 0.717) is 24.5 Å². The van der Waals surface area contributed by atoms with Crippen molar-refractivity contribution in [1.82, 2.24) is 15.3 Å². The Morgan fingerprint density at radius 1 is 1.04 bits per heavy atom. The van der Waals surface area contributed by atoms with Gasteiger partial charge >= 0.3 is 0 Å². The number of anilines is 1. The number of nitrogens with zero attached hydrogens (tertiary/aromatic N) is 2. The second kappa shape index (κ2) is 8.62. The maximum Gasteiger partial charge on any atom is 0.251 e. The summed E-state index contributed by atoms with van der Waals surface area (Å²) in [4.78, 5) is 20.6. The van der Waals surface area contributed by atoms with Gasteiger partial charge in [-0.05, 0) is 35.9 Å². The van der Waals surface area contributed by atoms with Crippen LogP contribution in [-0.2, 0) is 13.1 Å². The van der Waals surface area contributed by atoms with Crippen LogP contribution in [0.1, 0.15) is 21.5 Å². The van der Waals surface area contributed by atoms with Gasteiger partial charge in [0.1, 0.15) is 11.6 Å². The SMILES string of the molecule is COc1ccccc1CNc1cc(C(=O)NCc2ccncc2)ccn1. The highest BCUT2D eigenvalue weighted by atomic mass is 16.5. The predicted octanol–water partition coefficient (Wildman–Crippen LogP) is 3.03. The Morgan fingerprint density at radius 2 is 1.85 bits per heavy atom. The number of methoxy groups -OCH3 is 1. The van der Waals surface area contributed by atoms with Crippen LogP contribution in [0.3, 0.4) is 0 Å². The van der Waals surface area contributed by atoms with Crippen molar-refractivity contribution >= 4 is 11.7 Å². The first kappa shape index (κ1) is 17.4. The van der Waals surface area contributed by atoms with Gasteiger partial charge in [-0.1, -0.05) is 18.2 Å². The minimum Gasteiger partial charge on any atom is -0.496 e. The average Bonchev–Trinajstić information content (AvgIpc) is 2.71. The van der Waals surface area contributed by atoms with E-state index in [1.165, 1.54) is 0 Å². The summed E-state index contributed by atoms with van der Waals surface area (Å²) in [6, 6.07) is 14.9. The smallest absolute Gasteiger partial charge is 0.251 e. The summed E-state index contributed by atoms with van der Waals surface area (Å²) in [5.41, 5.74) is 2.57. The summed E-state index contributed by atoms with van der Waals surface area (Å²) in [6.07, 6.45) is 5.02. The molecule has 1 amide bonds. The van der Waals surface area contributed by atoms with E-state index < -0.39 is 0 Å². The topological polar surface area (TPSA) is 76.1 Å². The summed E-state index contributed by atoms with van der Waals surface area (Å²) in [5.74, 6) is 1.29. The summed E-state index contributed by atoms with van der Waals surface area (Å²) in [6.45, 7) is 1.01. The van der Waals surface area contributed by atoms with Gasteiger partial charge in [-0.25, -0.2) is 4.98 Å². The summed E-state index contributed by atoms with van der Waals surface area (Å²) in [5, 5.41) is 6.12. The largest absolute Gasteiger partial charge is 0.496 e. The van der Waals surface area contributed by atoms with Gasteiger partial charge in [-0.15, -0.1) is 0 Å². The molecule has 0 atom stereocenters. The van der Waals surface area contributed by atoms with E-state index in [0.717, 1.165) is 16.9 Å². The molecule has 0 fully saturated rings. The second-order valence-corrected chi connectivity index (χ2v) is 5.63. The molecule has 0 saturated carbocycles. The van der Waals surface area contributed by atoms with Gasteiger partial charge in [-0.2, -0.15) is 0 Å². The molecule has 3 aromatic rings. The molecule has 2 N–H and O–H groups in total. The molecule has 0 aliphatic rings. The number of pyridine rings is 2. The quantitative estimate of drug-likeness (QED) is 0.686. The highest BCUT2D eigenvalue weighted by Gasteiger charge is 2.08. The van der Waals surface area contributed by atoms with Crippen molar-refractivity contribution in [3.05, 3.63) is 83.8 Å². The number of nitrogens with one attached hydrogen (secondary N) is 2. The predicted molar refractivity (Wildman–Crippen MR) is 100.0 cm³/mol. The molecule has 0 aliphatic heterocycles. The molecular weight excluding hydrogens is 328 g/mol. The summed E-state index contributed by atoms with van der Waals surface area (Å²) >= 11 is 0. The van der Waals surface area contributed by atoms with E-state index in [-0.39, 0.29) is 5.91 Å². The average molecular weight is 348 g/mol. The molecule has 2 aromatic heterocycles. The maximum absolute atomic E-state index is 12.3. The van der Waals surface area contributed by atoms with E-state index in [1.807, 2.05) is 36.4 Å². The number of carbonyl (C=O) groups excluding carboxylic acids is 1. The van der Waals surface area contributed by atoms with E-state index >= 15 is 0 Å². The standard InChI is InChI=1S/C20H20N4O2/c1-26-18-5-3-2-4-17(18)14-23-19-12-16(8-11-22-19)20(25)24-13-15-6-9-21-10-7-15/h2-12H,13-14H2,1H3,(H,22,23)(H,24,25). The van der Waals surface area contributed by atoms with Gasteiger partial charge in [0.15, 0.2) is 0 Å². The van der Waals surface area contributed by atoms with Crippen LogP contribution in [-0.4, -0.2) is 23.0 Å². The van der Waals surface area contributed by atoms with Crippen LogP contribution in [0.2, 0.25) is 0 Å². The third kappa shape index (κ3) is 4.57. The van der Waals surface area contributed by atoms with Crippen LogP contribution in [0, 0.1) is 0 Å². The molecule has 6 nitrogen and oxygen atoms in total. The Hall–Kier alpha value is -3.41. The Morgan fingerprint density at radius 3 is 2.65 bits per heavy atom.